The number of hydrogen-bond donors (Lipinski definition) is 1. The molecule has 0 unspecified atom stereocenters. The minimum Gasteiger partial charge on any atom is -0.353 e. The predicted octanol–water partition coefficient (Wildman–Crippen LogP) is 0.946. The fourth-order valence-electron chi connectivity index (χ4n) is 1.57. The molecule has 2 rings (SSSR count). The lowest BCUT2D eigenvalue weighted by molar-refractivity contribution is -0.124. The zero-order valence-electron chi connectivity index (χ0n) is 8.27. The molecule has 1 aromatic rings. The van der Waals surface area contributed by atoms with Gasteiger partial charge in [-0.2, -0.15) is 0 Å². The van der Waals surface area contributed by atoms with Crippen molar-refractivity contribution < 1.29 is 4.79 Å². The molecule has 0 aliphatic carbocycles. The van der Waals surface area contributed by atoms with Crippen molar-refractivity contribution in [1.82, 2.24) is 10.2 Å². The van der Waals surface area contributed by atoms with Crippen molar-refractivity contribution in [3.05, 3.63) is 35.9 Å². The Morgan fingerprint density at radius 3 is 2.67 bits per heavy atom. The maximum absolute atomic E-state index is 11.4. The van der Waals surface area contributed by atoms with Crippen molar-refractivity contribution in [3.63, 3.8) is 0 Å². The highest BCUT2D eigenvalue weighted by Gasteiger charge is 2.24. The van der Waals surface area contributed by atoms with Crippen LogP contribution in [0.25, 0.3) is 0 Å². The smallest absolute Gasteiger partial charge is 0.248 e. The molecule has 1 aliphatic heterocycles. The third-order valence-electron chi connectivity index (χ3n) is 2.40. The lowest BCUT2D eigenvalue weighted by Crippen LogP contribution is -2.32. The number of carbonyl (C=O) groups is 1. The highest BCUT2D eigenvalue weighted by molar-refractivity contribution is 7.80. The van der Waals surface area contributed by atoms with Gasteiger partial charge in [-0.15, -0.1) is 0 Å². The summed E-state index contributed by atoms with van der Waals surface area (Å²) in [6, 6.07) is 10.1. The Kier molecular flexibility index (Phi) is 2.97. The minimum absolute atomic E-state index is 0.0657. The van der Waals surface area contributed by atoms with E-state index in [0.29, 0.717) is 18.2 Å². The van der Waals surface area contributed by atoms with E-state index in [1.807, 2.05) is 18.2 Å². The second-order valence-electron chi connectivity index (χ2n) is 3.44. The molecule has 4 heteroatoms. The number of nitrogens with one attached hydrogen (secondary N) is 1. The molecule has 1 aromatic carbocycles. The van der Waals surface area contributed by atoms with Gasteiger partial charge in [-0.1, -0.05) is 30.3 Å². The number of thiocarbonyl (C=S) groups is 1. The first-order chi connectivity index (χ1) is 7.27. The molecule has 1 aliphatic rings. The fraction of sp³-hybridized carbons (Fsp3) is 0.273. The molecule has 78 valence electrons. The number of carbonyl (C=O) groups excluding carboxylic acids is 1. The fourth-order valence-corrected chi connectivity index (χ4v) is 1.83. The van der Waals surface area contributed by atoms with Gasteiger partial charge in [0.1, 0.15) is 0 Å². The van der Waals surface area contributed by atoms with Gasteiger partial charge >= 0.3 is 0 Å². The Labute approximate surface area is 94.1 Å². The minimum atomic E-state index is 0.0657. The van der Waals surface area contributed by atoms with Gasteiger partial charge in [0, 0.05) is 6.54 Å². The molecule has 1 N–H and O–H groups in total. The highest BCUT2D eigenvalue weighted by Crippen LogP contribution is 2.04. The quantitative estimate of drug-likeness (QED) is 0.770. The molecule has 0 saturated carbocycles. The Bertz CT molecular complexity index is 361. The van der Waals surface area contributed by atoms with Crippen LogP contribution in [-0.2, 0) is 11.2 Å². The molecule has 3 nitrogen and oxygen atoms in total. The van der Waals surface area contributed by atoms with Crippen LogP contribution in [0, 0.1) is 0 Å². The summed E-state index contributed by atoms with van der Waals surface area (Å²) in [7, 11) is 0. The maximum atomic E-state index is 11.4. The maximum Gasteiger partial charge on any atom is 0.248 e. The van der Waals surface area contributed by atoms with Gasteiger partial charge in [-0.3, -0.25) is 9.69 Å². The Morgan fingerprint density at radius 1 is 1.33 bits per heavy atom. The van der Waals surface area contributed by atoms with Gasteiger partial charge in [0.2, 0.25) is 5.91 Å². The predicted molar refractivity (Wildman–Crippen MR) is 62.5 cm³/mol. The molecular formula is C11H12N2OS. The Balaban J connectivity index is 1.93. The summed E-state index contributed by atoms with van der Waals surface area (Å²) in [4.78, 5) is 13.0. The Hall–Kier alpha value is -1.42. The van der Waals surface area contributed by atoms with Crippen LogP contribution in [0.15, 0.2) is 30.3 Å². The van der Waals surface area contributed by atoms with E-state index in [0.717, 1.165) is 6.42 Å². The summed E-state index contributed by atoms with van der Waals surface area (Å²) in [6.07, 6.45) is 0.842. The topological polar surface area (TPSA) is 32.3 Å². The molecule has 0 bridgehead atoms. The summed E-state index contributed by atoms with van der Waals surface area (Å²) < 4.78 is 0. The van der Waals surface area contributed by atoms with E-state index in [1.54, 1.807) is 4.90 Å². The monoisotopic (exact) mass is 220 g/mol. The van der Waals surface area contributed by atoms with Gasteiger partial charge in [0.15, 0.2) is 5.11 Å². The average Bonchev–Trinajstić information content (AvgIpc) is 2.58. The number of amides is 1. The van der Waals surface area contributed by atoms with E-state index in [-0.39, 0.29) is 5.91 Å². The van der Waals surface area contributed by atoms with Crippen molar-refractivity contribution >= 4 is 23.2 Å². The van der Waals surface area contributed by atoms with Crippen LogP contribution in [0.3, 0.4) is 0 Å². The van der Waals surface area contributed by atoms with Crippen molar-refractivity contribution in [3.8, 4) is 0 Å². The first-order valence-electron chi connectivity index (χ1n) is 4.89. The van der Waals surface area contributed by atoms with Crippen LogP contribution < -0.4 is 5.32 Å². The molecule has 1 amide bonds. The van der Waals surface area contributed by atoms with E-state index in [1.165, 1.54) is 5.56 Å². The molecule has 0 radical (unpaired) electrons. The molecule has 0 aromatic heterocycles. The van der Waals surface area contributed by atoms with Crippen LogP contribution >= 0.6 is 12.2 Å². The average molecular weight is 220 g/mol. The van der Waals surface area contributed by atoms with Gasteiger partial charge in [0.05, 0.1) is 6.54 Å². The van der Waals surface area contributed by atoms with Gasteiger partial charge in [-0.25, -0.2) is 0 Å². The first-order valence-corrected chi connectivity index (χ1v) is 5.30. The van der Waals surface area contributed by atoms with Crippen molar-refractivity contribution in [1.29, 1.82) is 0 Å². The van der Waals surface area contributed by atoms with Gasteiger partial charge < -0.3 is 5.32 Å². The largest absolute Gasteiger partial charge is 0.353 e. The van der Waals surface area contributed by atoms with E-state index < -0.39 is 0 Å². The zero-order chi connectivity index (χ0) is 10.7. The normalized spacial score (nSPS) is 15.6. The number of nitrogens with zero attached hydrogens (tertiary/aromatic N) is 1. The number of benzene rings is 1. The zero-order valence-corrected chi connectivity index (χ0v) is 9.09. The lowest BCUT2D eigenvalue weighted by Gasteiger charge is -2.14. The molecule has 1 saturated heterocycles. The molecule has 0 atom stereocenters. The van der Waals surface area contributed by atoms with E-state index in [2.05, 4.69) is 17.4 Å². The van der Waals surface area contributed by atoms with Gasteiger partial charge in [0.25, 0.3) is 0 Å². The molecule has 1 heterocycles. The summed E-state index contributed by atoms with van der Waals surface area (Å²) in [5, 5.41) is 3.42. The van der Waals surface area contributed by atoms with Crippen molar-refractivity contribution in [2.24, 2.45) is 0 Å². The van der Waals surface area contributed by atoms with E-state index >= 15 is 0 Å². The molecule has 0 spiro atoms. The standard InChI is InChI=1S/C11H12N2OS/c14-10-8-12-11(15)13(10)7-6-9-4-2-1-3-5-9/h1-5H,6-8H2,(H,12,15). The van der Waals surface area contributed by atoms with Crippen molar-refractivity contribution in [2.45, 2.75) is 6.42 Å². The number of rotatable bonds is 3. The highest BCUT2D eigenvalue weighted by atomic mass is 32.1. The second-order valence-corrected chi connectivity index (χ2v) is 3.83. The van der Waals surface area contributed by atoms with Gasteiger partial charge in [-0.05, 0) is 24.2 Å². The van der Waals surface area contributed by atoms with E-state index in [4.69, 9.17) is 12.2 Å². The van der Waals surface area contributed by atoms with E-state index in [9.17, 15) is 4.79 Å². The summed E-state index contributed by atoms with van der Waals surface area (Å²) in [5.41, 5.74) is 1.22. The van der Waals surface area contributed by atoms with Crippen molar-refractivity contribution in [2.75, 3.05) is 13.1 Å². The summed E-state index contributed by atoms with van der Waals surface area (Å²) in [5.74, 6) is 0.0657. The van der Waals surface area contributed by atoms with Crippen LogP contribution in [-0.4, -0.2) is 29.0 Å². The van der Waals surface area contributed by atoms with Crippen LogP contribution in [0.5, 0.6) is 0 Å². The third-order valence-corrected chi connectivity index (χ3v) is 2.77. The molecule has 1 fully saturated rings. The number of hydrogen-bond acceptors (Lipinski definition) is 2. The molecular weight excluding hydrogens is 208 g/mol. The SMILES string of the molecule is O=C1CNC(=S)N1CCc1ccccc1. The summed E-state index contributed by atoms with van der Waals surface area (Å²) >= 11 is 5.03. The Morgan fingerprint density at radius 2 is 2.07 bits per heavy atom. The third kappa shape index (κ3) is 2.33. The molecule has 15 heavy (non-hydrogen) atoms. The van der Waals surface area contributed by atoms with Crippen LogP contribution in [0.2, 0.25) is 0 Å². The second kappa shape index (κ2) is 4.40. The van der Waals surface area contributed by atoms with Crippen LogP contribution in [0.4, 0.5) is 0 Å². The lowest BCUT2D eigenvalue weighted by atomic mass is 10.1. The first kappa shape index (κ1) is 10.1. The van der Waals surface area contributed by atoms with Crippen LogP contribution in [0.1, 0.15) is 5.56 Å². The summed E-state index contributed by atoms with van der Waals surface area (Å²) in [6.45, 7) is 1.00.